The van der Waals surface area contributed by atoms with Gasteiger partial charge in [-0.05, 0) is 66.7 Å². The molecule has 0 N–H and O–H groups in total. The number of Topliss-reactive ketones (excluding diaryl/α,β-unsaturated/α-hetero) is 1. The molecule has 0 spiro atoms. The van der Waals surface area contributed by atoms with Gasteiger partial charge in [0.05, 0.1) is 23.6 Å². The highest BCUT2D eigenvalue weighted by Crippen LogP contribution is 2.41. The molecule has 0 amide bonds. The van der Waals surface area contributed by atoms with Gasteiger partial charge in [-0.2, -0.15) is 0 Å². The van der Waals surface area contributed by atoms with Gasteiger partial charge >= 0.3 is 11.9 Å². The van der Waals surface area contributed by atoms with E-state index >= 15 is 0 Å². The number of hydrogen-bond donors (Lipinski definition) is 0. The molecule has 4 aromatic rings. The van der Waals surface area contributed by atoms with Gasteiger partial charge in [0.25, 0.3) is 5.78 Å². The molecule has 170 valence electrons. The Morgan fingerprint density at radius 2 is 1.71 bits per heavy atom. The fourth-order valence-corrected chi connectivity index (χ4v) is 4.26. The van der Waals surface area contributed by atoms with E-state index in [9.17, 15) is 14.4 Å². The van der Waals surface area contributed by atoms with Crippen molar-refractivity contribution in [1.82, 2.24) is 4.57 Å². The van der Waals surface area contributed by atoms with Crippen LogP contribution in [0.15, 0.2) is 59.8 Å². The summed E-state index contributed by atoms with van der Waals surface area (Å²) < 4.78 is 13.0. The SMILES string of the molecule is CCn1c2ccc(C(=O)c3ccc(OC)cc3)cc2c2c3c(ccc21)C(=O)/C(=N/OC(C)=O)O3. The van der Waals surface area contributed by atoms with Crippen LogP contribution < -0.4 is 9.47 Å². The summed E-state index contributed by atoms with van der Waals surface area (Å²) in [6.45, 7) is 3.88. The minimum atomic E-state index is -0.658. The van der Waals surface area contributed by atoms with Crippen molar-refractivity contribution in [3.8, 4) is 11.5 Å². The van der Waals surface area contributed by atoms with Crippen LogP contribution in [0.1, 0.15) is 40.1 Å². The van der Waals surface area contributed by atoms with Crippen LogP contribution in [-0.4, -0.2) is 35.1 Å². The average molecular weight is 456 g/mol. The van der Waals surface area contributed by atoms with Crippen molar-refractivity contribution in [2.45, 2.75) is 20.4 Å². The molecule has 0 saturated heterocycles. The van der Waals surface area contributed by atoms with Crippen LogP contribution in [0.3, 0.4) is 0 Å². The minimum Gasteiger partial charge on any atom is -0.497 e. The smallest absolute Gasteiger partial charge is 0.332 e. The van der Waals surface area contributed by atoms with E-state index < -0.39 is 11.8 Å². The first kappa shape index (κ1) is 21.4. The summed E-state index contributed by atoms with van der Waals surface area (Å²) in [5, 5.41) is 5.02. The van der Waals surface area contributed by atoms with Crippen LogP contribution in [0.4, 0.5) is 0 Å². The fraction of sp³-hybridized carbons (Fsp3) is 0.154. The van der Waals surface area contributed by atoms with Gasteiger partial charge in [0.1, 0.15) is 5.75 Å². The van der Waals surface area contributed by atoms with Gasteiger partial charge in [-0.1, -0.05) is 0 Å². The van der Waals surface area contributed by atoms with Crippen LogP contribution in [0.25, 0.3) is 21.8 Å². The predicted molar refractivity (Wildman–Crippen MR) is 126 cm³/mol. The molecule has 2 heterocycles. The van der Waals surface area contributed by atoms with Crippen LogP contribution in [0.5, 0.6) is 11.5 Å². The molecule has 0 fully saturated rings. The third kappa shape index (κ3) is 3.31. The van der Waals surface area contributed by atoms with Gasteiger partial charge in [-0.25, -0.2) is 4.79 Å². The third-order valence-corrected chi connectivity index (χ3v) is 5.81. The maximum Gasteiger partial charge on any atom is 0.332 e. The molecule has 1 aromatic heterocycles. The highest BCUT2D eigenvalue weighted by molar-refractivity contribution is 6.47. The van der Waals surface area contributed by atoms with E-state index in [-0.39, 0.29) is 11.7 Å². The zero-order valence-electron chi connectivity index (χ0n) is 18.7. The number of carbonyl (C=O) groups excluding carboxylic acids is 3. The van der Waals surface area contributed by atoms with E-state index in [2.05, 4.69) is 14.6 Å². The standard InChI is InChI=1S/C26H20N2O6/c1-4-28-20-11-7-16(23(30)15-5-8-17(32-3)9-6-15)13-19(20)22-21(28)12-10-18-24(31)26(33-25(18)22)27-34-14(2)29/h5-13H,4H2,1-3H3/b27-26-. The number of hydrogen-bond acceptors (Lipinski definition) is 7. The Hall–Kier alpha value is -4.46. The molecule has 0 atom stereocenters. The number of oxime groups is 1. The van der Waals surface area contributed by atoms with Gasteiger partial charge < -0.3 is 18.9 Å². The molecule has 0 radical (unpaired) electrons. The lowest BCUT2D eigenvalue weighted by Gasteiger charge is -2.05. The monoisotopic (exact) mass is 456 g/mol. The molecule has 34 heavy (non-hydrogen) atoms. The number of benzene rings is 3. The maximum absolute atomic E-state index is 13.2. The van der Waals surface area contributed by atoms with Gasteiger partial charge in [-0.3, -0.25) is 9.59 Å². The van der Waals surface area contributed by atoms with Gasteiger partial charge in [0.2, 0.25) is 0 Å². The van der Waals surface area contributed by atoms with E-state index in [1.165, 1.54) is 6.92 Å². The molecule has 8 heteroatoms. The zero-order chi connectivity index (χ0) is 24.0. The Morgan fingerprint density at radius 1 is 1.00 bits per heavy atom. The number of nitrogens with zero attached hydrogens (tertiary/aromatic N) is 2. The van der Waals surface area contributed by atoms with Crippen molar-refractivity contribution >= 4 is 45.2 Å². The summed E-state index contributed by atoms with van der Waals surface area (Å²) in [4.78, 5) is 41.7. The number of aromatic nitrogens is 1. The molecule has 0 unspecified atom stereocenters. The maximum atomic E-state index is 13.2. The first-order valence-electron chi connectivity index (χ1n) is 10.7. The molecule has 0 bridgehead atoms. The van der Waals surface area contributed by atoms with Crippen molar-refractivity contribution < 1.29 is 28.7 Å². The summed E-state index contributed by atoms with van der Waals surface area (Å²) in [6.07, 6.45) is 0. The van der Waals surface area contributed by atoms with E-state index in [0.717, 1.165) is 16.4 Å². The first-order valence-corrected chi connectivity index (χ1v) is 10.7. The van der Waals surface area contributed by atoms with Crippen molar-refractivity contribution in [1.29, 1.82) is 0 Å². The van der Waals surface area contributed by atoms with Crippen LogP contribution >= 0.6 is 0 Å². The summed E-state index contributed by atoms with van der Waals surface area (Å²) in [6, 6.07) is 15.9. The van der Waals surface area contributed by atoms with Gasteiger partial charge in [0.15, 0.2) is 11.5 Å². The Labute approximate surface area is 194 Å². The molecular weight excluding hydrogens is 436 g/mol. The molecule has 3 aromatic carbocycles. The van der Waals surface area contributed by atoms with Crippen molar-refractivity contribution in [2.24, 2.45) is 5.16 Å². The number of methoxy groups -OCH3 is 1. The molecule has 5 rings (SSSR count). The molecular formula is C26H20N2O6. The van der Waals surface area contributed by atoms with Gasteiger partial charge in [0, 0.05) is 35.5 Å². The van der Waals surface area contributed by atoms with E-state index in [1.54, 1.807) is 43.5 Å². The second-order valence-corrected chi connectivity index (χ2v) is 7.78. The lowest BCUT2D eigenvalue weighted by molar-refractivity contribution is -0.141. The highest BCUT2D eigenvalue weighted by Gasteiger charge is 2.33. The second kappa shape index (κ2) is 8.15. The predicted octanol–water partition coefficient (Wildman–Crippen LogP) is 4.51. The van der Waals surface area contributed by atoms with Crippen LogP contribution in [0.2, 0.25) is 0 Å². The lowest BCUT2D eigenvalue weighted by Crippen LogP contribution is -2.13. The topological polar surface area (TPSA) is 96.2 Å². The number of aryl methyl sites for hydroxylation is 1. The highest BCUT2D eigenvalue weighted by atomic mass is 16.7. The minimum absolute atomic E-state index is 0.136. The van der Waals surface area contributed by atoms with Crippen LogP contribution in [0, 0.1) is 0 Å². The number of fused-ring (bicyclic) bond motifs is 5. The van der Waals surface area contributed by atoms with Crippen LogP contribution in [-0.2, 0) is 16.2 Å². The summed E-state index contributed by atoms with van der Waals surface area (Å²) in [5.74, 6) is -0.569. The van der Waals surface area contributed by atoms with E-state index in [0.29, 0.717) is 40.1 Å². The Morgan fingerprint density at radius 3 is 2.38 bits per heavy atom. The molecule has 1 aliphatic rings. The molecule has 8 nitrogen and oxygen atoms in total. The lowest BCUT2D eigenvalue weighted by atomic mass is 10.00. The second-order valence-electron chi connectivity index (χ2n) is 7.78. The summed E-state index contributed by atoms with van der Waals surface area (Å²) >= 11 is 0. The third-order valence-electron chi connectivity index (χ3n) is 5.81. The van der Waals surface area contributed by atoms with E-state index in [1.807, 2.05) is 25.1 Å². The number of ketones is 2. The number of ether oxygens (including phenoxy) is 2. The quantitative estimate of drug-likeness (QED) is 0.249. The molecule has 0 saturated carbocycles. The van der Waals surface area contributed by atoms with Crippen molar-refractivity contribution in [3.05, 3.63) is 71.3 Å². The molecule has 1 aliphatic heterocycles. The first-order chi connectivity index (χ1) is 16.4. The normalized spacial score (nSPS) is 13.9. The molecule has 0 aliphatic carbocycles. The Bertz CT molecular complexity index is 1530. The fourth-order valence-electron chi connectivity index (χ4n) is 4.26. The van der Waals surface area contributed by atoms with Crippen molar-refractivity contribution in [2.75, 3.05) is 7.11 Å². The zero-order valence-corrected chi connectivity index (χ0v) is 18.7. The number of rotatable bonds is 5. The van der Waals surface area contributed by atoms with Gasteiger partial charge in [-0.15, -0.1) is 0 Å². The van der Waals surface area contributed by atoms with Crippen molar-refractivity contribution in [3.63, 3.8) is 0 Å². The largest absolute Gasteiger partial charge is 0.497 e. The number of carbonyl (C=O) groups is 3. The Kier molecular flexibility index (Phi) is 5.13. The summed E-state index contributed by atoms with van der Waals surface area (Å²) in [5.41, 5.74) is 3.11. The summed E-state index contributed by atoms with van der Waals surface area (Å²) in [7, 11) is 1.57. The average Bonchev–Trinajstić information content (AvgIpc) is 3.35. The van der Waals surface area contributed by atoms with E-state index in [4.69, 9.17) is 9.47 Å². The Balaban J connectivity index is 1.68.